The smallest absolute Gasteiger partial charge is 0.0408 e. The average Bonchev–Trinajstić information content (AvgIpc) is 1.52. The van der Waals surface area contributed by atoms with E-state index in [4.69, 9.17) is 0 Å². The minimum absolute atomic E-state index is 0.234. The largest absolute Gasteiger partial charge is 0.345 e. The van der Waals surface area contributed by atoms with E-state index in [9.17, 15) is 0 Å². The third kappa shape index (κ3) is 17.7. The number of nitrogens with zero attached hydrogens (tertiary/aromatic N) is 1. The van der Waals surface area contributed by atoms with Crippen LogP contribution in [0.4, 0.5) is 11.4 Å². The molecule has 0 spiro atoms. The van der Waals surface area contributed by atoms with Crippen molar-refractivity contribution in [3.05, 3.63) is 358 Å². The van der Waals surface area contributed by atoms with Gasteiger partial charge < -0.3 is 4.90 Å². The third-order valence-corrected chi connectivity index (χ3v) is 22.5. The van der Waals surface area contributed by atoms with Crippen molar-refractivity contribution >= 4 is 76.0 Å². The molecule has 0 fully saturated rings. The van der Waals surface area contributed by atoms with Crippen molar-refractivity contribution in [2.24, 2.45) is 0 Å². The first kappa shape index (κ1) is 77.0. The number of rotatable bonds is 18. The minimum atomic E-state index is 0.234. The van der Waals surface area contributed by atoms with E-state index in [1.54, 1.807) is 11.1 Å². The number of hydrogen-bond acceptors (Lipinski definition) is 1. The second-order valence-electron chi connectivity index (χ2n) is 30.7. The van der Waals surface area contributed by atoms with Crippen molar-refractivity contribution < 1.29 is 0 Å². The molecule has 0 bridgehead atoms. The van der Waals surface area contributed by atoms with Gasteiger partial charge in [0, 0.05) is 23.8 Å². The summed E-state index contributed by atoms with van der Waals surface area (Å²) in [5.74, 6) is 0. The van der Waals surface area contributed by atoms with Crippen LogP contribution in [-0.2, 0) is 5.41 Å². The van der Waals surface area contributed by atoms with Gasteiger partial charge in [-0.1, -0.05) is 403 Å². The molecule has 17 rings (SSSR count). The Kier molecular flexibility index (Phi) is 26.2. The van der Waals surface area contributed by atoms with Gasteiger partial charge in [0.25, 0.3) is 0 Å². The SMILES string of the molecule is CCCCCCCCC1(CCCCCCCC)c2cc(C)ccc2-c2ccc(C)cc21.Cc1ccc(C)cc1.Cc1ccc(N(C)c2ccccc2)cc1.Cc1ccc2c3c(-c4ccccc4)c4c5cccc6c(C)ccc(c4c(-c4ccccc4)c3c3cccc1c32)c65.Cc1ccccc1.Cc1ccccc1. The summed E-state index contributed by atoms with van der Waals surface area (Å²) < 4.78 is 0. The topological polar surface area (TPSA) is 3.24 Å². The molecule has 1 heteroatoms. The average molecular weight is 1410 g/mol. The molecule has 0 saturated carbocycles. The lowest BCUT2D eigenvalue weighted by atomic mass is 9.70. The van der Waals surface area contributed by atoms with E-state index in [1.165, 1.54) is 249 Å². The van der Waals surface area contributed by atoms with Crippen LogP contribution in [0, 0.1) is 62.3 Å². The Hall–Kier alpha value is -10.6. The maximum absolute atomic E-state index is 2.53. The summed E-state index contributed by atoms with van der Waals surface area (Å²) in [7, 11) is 2.08. The van der Waals surface area contributed by atoms with Crippen molar-refractivity contribution in [3.63, 3.8) is 0 Å². The van der Waals surface area contributed by atoms with Crippen LogP contribution in [0.3, 0.4) is 0 Å². The van der Waals surface area contributed by atoms with Crippen molar-refractivity contribution in [2.75, 3.05) is 11.9 Å². The number of unbranched alkanes of at least 4 members (excludes halogenated alkanes) is 10. The fourth-order valence-electron chi connectivity index (χ4n) is 16.6. The number of anilines is 2. The van der Waals surface area contributed by atoms with E-state index in [0.29, 0.717) is 0 Å². The van der Waals surface area contributed by atoms with Crippen LogP contribution >= 0.6 is 0 Å². The molecule has 0 radical (unpaired) electrons. The number of para-hydroxylation sites is 1. The Labute approximate surface area is 647 Å². The van der Waals surface area contributed by atoms with E-state index in [-0.39, 0.29) is 5.41 Å². The maximum Gasteiger partial charge on any atom is 0.0408 e. The minimum Gasteiger partial charge on any atom is -0.345 e. The predicted octanol–water partition coefficient (Wildman–Crippen LogP) is 31.6. The van der Waals surface area contributed by atoms with Gasteiger partial charge in [-0.15, -0.1) is 0 Å². The highest BCUT2D eigenvalue weighted by atomic mass is 15.1. The van der Waals surface area contributed by atoms with Gasteiger partial charge >= 0.3 is 0 Å². The van der Waals surface area contributed by atoms with E-state index in [2.05, 4.69) is 343 Å². The van der Waals surface area contributed by atoms with Crippen LogP contribution in [-0.4, -0.2) is 7.05 Å². The maximum atomic E-state index is 2.53. The molecular weight excluding hydrogens is 1300 g/mol. The lowest BCUT2D eigenvalue weighted by molar-refractivity contribution is 0.397. The van der Waals surface area contributed by atoms with Gasteiger partial charge in [-0.05, 0) is 220 Å². The summed E-state index contributed by atoms with van der Waals surface area (Å²) in [4.78, 5) is 2.18. The fourth-order valence-corrected chi connectivity index (χ4v) is 16.6. The third-order valence-electron chi connectivity index (χ3n) is 22.5. The van der Waals surface area contributed by atoms with Gasteiger partial charge in [-0.25, -0.2) is 0 Å². The van der Waals surface area contributed by atoms with Crippen molar-refractivity contribution in [1.82, 2.24) is 0 Å². The van der Waals surface area contributed by atoms with Crippen LogP contribution in [0.25, 0.3) is 98.0 Å². The second kappa shape index (κ2) is 36.8. The van der Waals surface area contributed by atoms with E-state index < -0.39 is 0 Å². The molecule has 0 atom stereocenters. The Bertz CT molecular complexity index is 5120. The molecule has 1 nitrogen and oxygen atoms in total. The number of benzene rings is 14. The molecule has 0 amide bonds. The van der Waals surface area contributed by atoms with Gasteiger partial charge in [0.15, 0.2) is 0 Å². The van der Waals surface area contributed by atoms with Gasteiger partial charge in [0.1, 0.15) is 0 Å². The zero-order valence-corrected chi connectivity index (χ0v) is 66.6. The summed E-state index contributed by atoms with van der Waals surface area (Å²) in [5.41, 5.74) is 26.3. The van der Waals surface area contributed by atoms with Crippen LogP contribution in [0.2, 0.25) is 0 Å². The van der Waals surface area contributed by atoms with Crippen LogP contribution in [0.15, 0.2) is 297 Å². The lowest BCUT2D eigenvalue weighted by Crippen LogP contribution is -2.25. The summed E-state index contributed by atoms with van der Waals surface area (Å²) in [6.07, 6.45) is 19.2. The summed E-state index contributed by atoms with van der Waals surface area (Å²) in [6.45, 7) is 24.1. The Morgan fingerprint density at radius 3 is 0.898 bits per heavy atom. The Morgan fingerprint density at radius 1 is 0.241 bits per heavy atom. The first-order chi connectivity index (χ1) is 52.7. The molecule has 0 aliphatic heterocycles. The number of hydrogen-bond donors (Lipinski definition) is 0. The molecule has 546 valence electrons. The number of fused-ring (bicyclic) bond motifs is 9. The lowest BCUT2D eigenvalue weighted by Gasteiger charge is -2.33. The van der Waals surface area contributed by atoms with Crippen LogP contribution in [0.5, 0.6) is 0 Å². The summed E-state index contributed by atoms with van der Waals surface area (Å²) in [6, 6.07) is 108. The van der Waals surface area contributed by atoms with E-state index in [0.717, 1.165) is 0 Å². The van der Waals surface area contributed by atoms with E-state index in [1.807, 2.05) is 42.5 Å². The molecule has 16 aromatic carbocycles. The Balaban J connectivity index is 0.000000140. The molecule has 108 heavy (non-hydrogen) atoms. The standard InChI is InChI=1S/C40H26.C31H46.C14H15N.C8H10.2C7H8/c1-23-19-21-31-35-27(23)15-9-17-29(35)37-33(25-11-5-3-6-12-25)40-32-22-20-24(2)28-16-10-18-30(36(28)32)38(40)34(39(31)37)26-13-7-4-8-14-26;1-5-7-9-11-13-15-21-31(22-16-14-12-10-8-6-2)29-23-25(3)17-19-27(29)28-20-18-26(4)24-30(28)31;1-12-8-10-14(11-9-12)15(2)13-6-4-3-5-7-13;1-7-3-5-8(2)6-4-7;2*1-7-5-3-2-4-6-7/h3-22H,1-2H3;17-20,23-24H,5-16,21-22H2,1-4H3;3-11H,1-2H3;3-6H,1-2H3;2*2-6H,1H3. The Morgan fingerprint density at radius 2 is 0.537 bits per heavy atom. The highest BCUT2D eigenvalue weighted by Gasteiger charge is 2.42. The molecule has 0 heterocycles. The highest BCUT2D eigenvalue weighted by molar-refractivity contribution is 6.46. The summed E-state index contributed by atoms with van der Waals surface area (Å²) in [5, 5.41) is 16.4. The molecule has 0 N–H and O–H groups in total. The normalized spacial score (nSPS) is 11.7. The van der Waals surface area contributed by atoms with Crippen molar-refractivity contribution in [1.29, 1.82) is 0 Å². The second-order valence-corrected chi connectivity index (χ2v) is 30.7. The molecule has 0 unspecified atom stereocenters. The zero-order valence-electron chi connectivity index (χ0n) is 66.6. The summed E-state index contributed by atoms with van der Waals surface area (Å²) >= 11 is 0. The van der Waals surface area contributed by atoms with Crippen molar-refractivity contribution in [3.8, 4) is 33.4 Å². The van der Waals surface area contributed by atoms with Gasteiger partial charge in [0.05, 0.1) is 0 Å². The number of aryl methyl sites for hydroxylation is 9. The zero-order chi connectivity index (χ0) is 75.5. The van der Waals surface area contributed by atoms with E-state index >= 15 is 0 Å². The van der Waals surface area contributed by atoms with Gasteiger partial charge in [-0.2, -0.15) is 0 Å². The fraction of sp³-hybridized carbons (Fsp3) is 0.252. The molecule has 0 aromatic heterocycles. The van der Waals surface area contributed by atoms with Crippen LogP contribution < -0.4 is 4.90 Å². The first-order valence-corrected chi connectivity index (χ1v) is 40.2. The molecule has 0 saturated heterocycles. The molecule has 16 aromatic rings. The van der Waals surface area contributed by atoms with Gasteiger partial charge in [0.2, 0.25) is 0 Å². The highest BCUT2D eigenvalue weighted by Crippen LogP contribution is 2.57. The molecule has 1 aliphatic rings. The van der Waals surface area contributed by atoms with Crippen LogP contribution in [0.1, 0.15) is 165 Å². The first-order valence-electron chi connectivity index (χ1n) is 40.2. The molecular formula is C107H113N. The van der Waals surface area contributed by atoms with Crippen molar-refractivity contribution in [2.45, 2.75) is 171 Å². The predicted molar refractivity (Wildman–Crippen MR) is 476 cm³/mol. The monoisotopic (exact) mass is 1410 g/mol. The molecule has 1 aliphatic carbocycles. The van der Waals surface area contributed by atoms with Gasteiger partial charge in [-0.3, -0.25) is 0 Å². The quantitative estimate of drug-likeness (QED) is 0.0774.